The lowest BCUT2D eigenvalue weighted by Gasteiger charge is -2.21. The van der Waals surface area contributed by atoms with Crippen LogP contribution in [0.5, 0.6) is 69.0 Å². The molecule has 0 aliphatic heterocycles. The number of unbranched alkanes of at least 4 members (excludes halogenated alkanes) is 43. The Morgan fingerprint density at radius 3 is 0.258 bits per heavy atom. The molecular formula is C112H174O12. The minimum absolute atomic E-state index is 0.643. The molecule has 8 rings (SSSR count). The third-order valence-electron chi connectivity index (χ3n) is 24.9. The fourth-order valence-corrected chi connectivity index (χ4v) is 17.2. The van der Waals surface area contributed by atoms with E-state index < -0.39 is 0 Å². The maximum Gasteiger partial charge on any atom is 0.161 e. The van der Waals surface area contributed by atoms with Crippen LogP contribution >= 0.6 is 0 Å². The van der Waals surface area contributed by atoms with Crippen molar-refractivity contribution < 1.29 is 56.8 Å². The molecule has 0 unspecified atom stereocenters. The zero-order chi connectivity index (χ0) is 87.5. The summed E-state index contributed by atoms with van der Waals surface area (Å²) in [5.74, 6) is 9.71. The summed E-state index contributed by atoms with van der Waals surface area (Å²) in [6.07, 6.45) is 62.5. The van der Waals surface area contributed by atoms with Crippen molar-refractivity contribution in [1.29, 1.82) is 0 Å². The van der Waals surface area contributed by atoms with Crippen molar-refractivity contribution in [3.05, 3.63) is 72.8 Å². The quantitative estimate of drug-likeness (QED) is 0.0267. The molecule has 8 aromatic rings. The highest BCUT2D eigenvalue weighted by molar-refractivity contribution is 6.28. The van der Waals surface area contributed by atoms with Gasteiger partial charge in [0.05, 0.1) is 79.3 Å². The molecule has 0 radical (unpaired) electrons. The topological polar surface area (TPSA) is 111 Å². The van der Waals surface area contributed by atoms with E-state index in [1.54, 1.807) is 0 Å². The van der Waals surface area contributed by atoms with E-state index in [1.165, 1.54) is 193 Å². The summed E-state index contributed by atoms with van der Waals surface area (Å²) in [6, 6.07) is 27.2. The van der Waals surface area contributed by atoms with Gasteiger partial charge in [-0.1, -0.05) is 339 Å². The highest BCUT2D eigenvalue weighted by Gasteiger charge is 2.25. The van der Waals surface area contributed by atoms with Gasteiger partial charge in [0.25, 0.3) is 0 Å². The molecule has 0 amide bonds. The van der Waals surface area contributed by atoms with E-state index in [-0.39, 0.29) is 0 Å². The summed E-state index contributed by atoms with van der Waals surface area (Å²) in [5, 5.41) is 13.4. The third-order valence-corrected chi connectivity index (χ3v) is 24.9. The Bertz CT molecular complexity index is 3800. The molecule has 12 nitrogen and oxygen atoms in total. The third kappa shape index (κ3) is 35.9. The maximum atomic E-state index is 6.94. The van der Waals surface area contributed by atoms with Gasteiger partial charge in [0, 0.05) is 0 Å². The molecule has 124 heavy (non-hydrogen) atoms. The number of hydrogen-bond donors (Lipinski definition) is 0. The highest BCUT2D eigenvalue weighted by atomic mass is 16.5. The van der Waals surface area contributed by atoms with Crippen molar-refractivity contribution in [2.24, 2.45) is 0 Å². The van der Waals surface area contributed by atoms with Gasteiger partial charge in [0.15, 0.2) is 69.0 Å². The minimum Gasteiger partial charge on any atom is -0.490 e. The SMILES string of the molecule is CCCCCCOc1cc2c3cc(OCCCCCC)c(OCCCCCC)cc3c3cc(OCCCCCCCCCCCCCCCCOc4cc5c6cc(OCCCCCC)c(OCCCCCC)cc6c6cc(OCCCCCC)c(OCCCCCC)cc6c5cc4OCCCCCC)c(OCCCCCC)cc3c2cc1OCCCCCC. The second-order valence-electron chi connectivity index (χ2n) is 35.8. The monoisotopic (exact) mass is 1710 g/mol. The van der Waals surface area contributed by atoms with E-state index in [1.807, 2.05) is 0 Å². The summed E-state index contributed by atoms with van der Waals surface area (Å²) >= 11 is 0. The average Bonchev–Trinajstić information content (AvgIpc) is 0.731. The number of ether oxygens (including phenoxy) is 12. The lowest BCUT2D eigenvalue weighted by atomic mass is 9.93. The lowest BCUT2D eigenvalue weighted by Crippen LogP contribution is -2.05. The Balaban J connectivity index is 0.909. The van der Waals surface area contributed by atoms with Gasteiger partial charge in [-0.05, 0) is 214 Å². The van der Waals surface area contributed by atoms with Gasteiger partial charge in [0.1, 0.15) is 0 Å². The van der Waals surface area contributed by atoms with Crippen LogP contribution in [-0.4, -0.2) is 79.3 Å². The van der Waals surface area contributed by atoms with Crippen molar-refractivity contribution in [2.75, 3.05) is 79.3 Å². The van der Waals surface area contributed by atoms with E-state index in [0.717, 1.165) is 288 Å². The zero-order valence-electron chi connectivity index (χ0n) is 80.5. The molecule has 12 heteroatoms. The largest absolute Gasteiger partial charge is 0.490 e. The number of rotatable bonds is 79. The second kappa shape index (κ2) is 63.8. The lowest BCUT2D eigenvalue weighted by molar-refractivity contribution is 0.259. The van der Waals surface area contributed by atoms with Crippen LogP contribution in [0.15, 0.2) is 72.8 Å². The normalized spacial score (nSPS) is 11.7. The van der Waals surface area contributed by atoms with Crippen molar-refractivity contribution in [3.63, 3.8) is 0 Å². The molecular weight excluding hydrogens is 1540 g/mol. The van der Waals surface area contributed by atoms with Crippen molar-refractivity contribution in [1.82, 2.24) is 0 Å². The molecule has 8 aromatic carbocycles. The first-order valence-electron chi connectivity index (χ1n) is 51.9. The van der Waals surface area contributed by atoms with Crippen molar-refractivity contribution >= 4 is 64.6 Å². The summed E-state index contributed by atoms with van der Waals surface area (Å²) < 4.78 is 81.8. The highest BCUT2D eigenvalue weighted by Crippen LogP contribution is 2.50. The summed E-state index contributed by atoms with van der Waals surface area (Å²) in [5.41, 5.74) is 0. The zero-order valence-corrected chi connectivity index (χ0v) is 80.5. The van der Waals surface area contributed by atoms with Crippen molar-refractivity contribution in [2.45, 2.75) is 416 Å². The number of benzene rings is 8. The molecule has 0 atom stereocenters. The van der Waals surface area contributed by atoms with Gasteiger partial charge in [-0.2, -0.15) is 0 Å². The molecule has 0 saturated carbocycles. The average molecular weight is 1710 g/mol. The molecule has 694 valence electrons. The molecule has 0 saturated heterocycles. The minimum atomic E-state index is 0.643. The molecule has 0 aliphatic carbocycles. The molecule has 0 heterocycles. The van der Waals surface area contributed by atoms with E-state index in [0.29, 0.717) is 79.3 Å². The van der Waals surface area contributed by atoms with Crippen LogP contribution < -0.4 is 56.8 Å². The van der Waals surface area contributed by atoms with E-state index >= 15 is 0 Å². The van der Waals surface area contributed by atoms with Crippen LogP contribution in [-0.2, 0) is 0 Å². The predicted octanol–water partition coefficient (Wildman–Crippen LogP) is 35.1. The molecule has 0 aliphatic rings. The molecule has 0 N–H and O–H groups in total. The molecule has 0 aromatic heterocycles. The standard InChI is InChI=1S/C112H174O12/c1-11-21-31-53-65-113-101-77-89-91-79-103(115-67-55-33-23-13-3)107(119-71-59-37-27-17-7)83-95(91)99-87-111(109(121-73-61-39-29-19-9)85-97(99)93(89)81-105(101)117-69-57-35-25-15-5)123-75-63-51-49-47-45-43-41-42-44-46-48-50-52-64-76-124-112-88-100-96-84-108(120-72-60-38-28-18-8)104(116-68-56-34-24-14-4)80-92(96)90-78-102(114-66-54-32-22-12-2)106(118-70-58-36-26-16-6)82-94(90)98(100)86-110(112)122-74-62-40-30-20-10/h77-88H,11-76H2,1-10H3. The van der Waals surface area contributed by atoms with Crippen LogP contribution in [0.1, 0.15) is 416 Å². The Labute approximate surface area is 754 Å². The fraction of sp³-hybridized carbons (Fsp3) is 0.679. The van der Waals surface area contributed by atoms with Crippen LogP contribution in [0.3, 0.4) is 0 Å². The maximum absolute atomic E-state index is 6.94. The Morgan fingerprint density at radius 1 is 0.105 bits per heavy atom. The van der Waals surface area contributed by atoms with Gasteiger partial charge in [-0.15, -0.1) is 0 Å². The van der Waals surface area contributed by atoms with Crippen LogP contribution in [0, 0.1) is 0 Å². The van der Waals surface area contributed by atoms with E-state index in [4.69, 9.17) is 56.8 Å². The van der Waals surface area contributed by atoms with Crippen LogP contribution in [0.4, 0.5) is 0 Å². The molecule has 0 bridgehead atoms. The van der Waals surface area contributed by atoms with Gasteiger partial charge in [-0.25, -0.2) is 0 Å². The van der Waals surface area contributed by atoms with E-state index in [9.17, 15) is 0 Å². The number of fused-ring (bicyclic) bond motifs is 12. The first-order chi connectivity index (χ1) is 61.3. The summed E-state index contributed by atoms with van der Waals surface area (Å²) in [4.78, 5) is 0. The van der Waals surface area contributed by atoms with Gasteiger partial charge in [-0.3, -0.25) is 0 Å². The Kier molecular flexibility index (Phi) is 52.6. The van der Waals surface area contributed by atoms with E-state index in [2.05, 4.69) is 142 Å². The fourth-order valence-electron chi connectivity index (χ4n) is 17.2. The first-order valence-corrected chi connectivity index (χ1v) is 51.9. The first kappa shape index (κ1) is 102. The second-order valence-corrected chi connectivity index (χ2v) is 35.8. The summed E-state index contributed by atoms with van der Waals surface area (Å²) in [7, 11) is 0. The van der Waals surface area contributed by atoms with Crippen molar-refractivity contribution in [3.8, 4) is 69.0 Å². The Morgan fingerprint density at radius 2 is 0.177 bits per heavy atom. The summed E-state index contributed by atoms with van der Waals surface area (Å²) in [6.45, 7) is 30.4. The molecule has 0 fully saturated rings. The van der Waals surface area contributed by atoms with Gasteiger partial charge >= 0.3 is 0 Å². The van der Waals surface area contributed by atoms with Crippen LogP contribution in [0.25, 0.3) is 64.6 Å². The smallest absolute Gasteiger partial charge is 0.161 e. The Hall–Kier alpha value is -7.08. The van der Waals surface area contributed by atoms with Gasteiger partial charge in [0.2, 0.25) is 0 Å². The van der Waals surface area contributed by atoms with Gasteiger partial charge < -0.3 is 56.8 Å². The predicted molar refractivity (Wildman–Crippen MR) is 530 cm³/mol. The molecule has 0 spiro atoms. The number of hydrogen-bond acceptors (Lipinski definition) is 12. The van der Waals surface area contributed by atoms with Crippen LogP contribution in [0.2, 0.25) is 0 Å².